The van der Waals surface area contributed by atoms with Crippen LogP contribution >= 0.6 is 7.82 Å². The van der Waals surface area contributed by atoms with Crippen molar-refractivity contribution in [3.05, 3.63) is 35.4 Å². The minimum atomic E-state index is -5.14. The molecule has 0 aromatic heterocycles. The fourth-order valence-electron chi connectivity index (χ4n) is 6.60. The topological polar surface area (TPSA) is 135 Å². The summed E-state index contributed by atoms with van der Waals surface area (Å²) in [5, 5.41) is 8.90. The number of hydrogen-bond acceptors (Lipinski definition) is 7. The Balaban J connectivity index is 0.00000245. The minimum Gasteiger partial charge on any atom is -0.746 e. The van der Waals surface area contributed by atoms with E-state index >= 15 is 0 Å². The molecule has 1 heterocycles. The summed E-state index contributed by atoms with van der Waals surface area (Å²) in [5.74, 6) is -0.771. The molecule has 4 saturated carbocycles. The van der Waals surface area contributed by atoms with Gasteiger partial charge in [-0.2, -0.15) is 4.89 Å². The van der Waals surface area contributed by atoms with Crippen LogP contribution in [0.4, 0.5) is 0 Å². The van der Waals surface area contributed by atoms with E-state index in [0.29, 0.717) is 17.4 Å². The van der Waals surface area contributed by atoms with E-state index in [1.165, 1.54) is 31.7 Å². The first-order valence-electron chi connectivity index (χ1n) is 10.4. The molecule has 1 spiro atoms. The molecule has 2 atom stereocenters. The Labute approximate surface area is 207 Å². The monoisotopic (exact) mass is 474 g/mol. The number of hydrogen-bond donors (Lipinski definition) is 2. The quantitative estimate of drug-likeness (QED) is 0.244. The van der Waals surface area contributed by atoms with Crippen LogP contribution in [0.3, 0.4) is 0 Å². The van der Waals surface area contributed by atoms with Crippen LogP contribution in [0.1, 0.15) is 43.2 Å². The number of carboxylic acids is 1. The van der Waals surface area contributed by atoms with Crippen molar-refractivity contribution in [2.45, 2.75) is 43.5 Å². The van der Waals surface area contributed by atoms with Gasteiger partial charge in [-0.05, 0) is 67.9 Å². The number of phosphoric ester groups is 1. The average molecular weight is 474 g/mol. The largest absolute Gasteiger partial charge is 1.00 e. The molecule has 1 aliphatic heterocycles. The maximum atomic E-state index is 11.4. The van der Waals surface area contributed by atoms with Crippen LogP contribution in [-0.4, -0.2) is 28.7 Å². The van der Waals surface area contributed by atoms with Crippen LogP contribution in [0.15, 0.2) is 24.3 Å². The van der Waals surface area contributed by atoms with Crippen molar-refractivity contribution < 1.29 is 72.8 Å². The van der Waals surface area contributed by atoms with Gasteiger partial charge in [0.2, 0.25) is 0 Å². The summed E-state index contributed by atoms with van der Waals surface area (Å²) in [6.45, 7) is 0. The molecule has 0 radical (unpaired) electrons. The van der Waals surface area contributed by atoms with Crippen molar-refractivity contribution in [1.29, 1.82) is 0 Å². The molecule has 9 nitrogen and oxygen atoms in total. The molecule has 0 amide bonds. The summed E-state index contributed by atoms with van der Waals surface area (Å²) >= 11 is 0. The molecule has 2 unspecified atom stereocenters. The molecule has 5 aliphatic rings. The maximum absolute atomic E-state index is 11.4. The summed E-state index contributed by atoms with van der Waals surface area (Å²) in [4.78, 5) is 43.1. The molecule has 32 heavy (non-hydrogen) atoms. The Bertz CT molecular complexity index is 957. The van der Waals surface area contributed by atoms with Crippen LogP contribution in [0, 0.1) is 23.7 Å². The van der Waals surface area contributed by atoms with Crippen molar-refractivity contribution in [3.8, 4) is 5.75 Å². The van der Waals surface area contributed by atoms with Crippen LogP contribution in [0.5, 0.6) is 5.75 Å². The van der Waals surface area contributed by atoms with Crippen LogP contribution < -0.4 is 39.0 Å². The fourth-order valence-corrected chi connectivity index (χ4v) is 7.00. The molecule has 4 bridgehead atoms. The number of carboxylic acid groups (broad SMARTS) is 1. The Morgan fingerprint density at radius 2 is 1.81 bits per heavy atom. The van der Waals surface area contributed by atoms with Gasteiger partial charge < -0.3 is 24.2 Å². The van der Waals surface area contributed by atoms with Gasteiger partial charge in [-0.25, -0.2) is 9.68 Å². The number of benzene rings is 1. The number of rotatable bonds is 6. The fraction of sp³-hybridized carbons (Fsp3) is 0.571. The standard InChI is InChI=1S/C21H25O9P.Na/c1-27-21(20(29-30-21)16-7-12-6-13(9-16)10-17(20)8-12)15-4-2-14(3-5-19(22)23)18(11-15)28-31(24,25)26;/h2-5,11-13,16-17H,6-10H2,1H3,(H,22,23)(H2,24,25,26);/q;+1/p-1/b5-3+;. The molecule has 4 aliphatic carbocycles. The number of methoxy groups -OCH3 is 1. The molecule has 6 rings (SSSR count). The second kappa shape index (κ2) is 8.48. The van der Waals surface area contributed by atoms with Crippen molar-refractivity contribution >= 4 is 19.9 Å². The van der Waals surface area contributed by atoms with Gasteiger partial charge in [-0.15, -0.1) is 0 Å². The number of carbonyl (C=O) groups is 1. The van der Waals surface area contributed by atoms with E-state index in [2.05, 4.69) is 0 Å². The van der Waals surface area contributed by atoms with E-state index in [1.807, 2.05) is 0 Å². The minimum absolute atomic E-state index is 0. The Hall–Kier alpha value is -0.740. The van der Waals surface area contributed by atoms with Gasteiger partial charge in [0, 0.05) is 24.3 Å². The number of aliphatic carboxylic acids is 1. The van der Waals surface area contributed by atoms with Crippen molar-refractivity contribution in [2.24, 2.45) is 23.7 Å². The molecule has 5 fully saturated rings. The van der Waals surface area contributed by atoms with Gasteiger partial charge in [0.25, 0.3) is 5.79 Å². The van der Waals surface area contributed by atoms with Gasteiger partial charge in [0.1, 0.15) is 5.75 Å². The van der Waals surface area contributed by atoms with Gasteiger partial charge in [0.15, 0.2) is 5.60 Å². The Kier molecular flexibility index (Phi) is 6.47. The first kappa shape index (κ1) is 24.4. The predicted octanol–water partition coefficient (Wildman–Crippen LogP) is -0.416. The second-order valence-corrected chi connectivity index (χ2v) is 10.2. The Morgan fingerprint density at radius 1 is 1.19 bits per heavy atom. The Morgan fingerprint density at radius 3 is 2.28 bits per heavy atom. The summed E-state index contributed by atoms with van der Waals surface area (Å²) in [5.41, 5.74) is -0.0165. The first-order valence-corrected chi connectivity index (χ1v) is 11.9. The van der Waals surface area contributed by atoms with Crippen molar-refractivity contribution in [2.75, 3.05) is 7.11 Å². The van der Waals surface area contributed by atoms with Gasteiger partial charge in [0.05, 0.1) is 0 Å². The number of phosphoric acid groups is 1. The first-order chi connectivity index (χ1) is 14.7. The van der Waals surface area contributed by atoms with Crippen LogP contribution in [0.2, 0.25) is 0 Å². The van der Waals surface area contributed by atoms with Crippen molar-refractivity contribution in [3.63, 3.8) is 0 Å². The smallest absolute Gasteiger partial charge is 0.746 e. The third kappa shape index (κ3) is 3.72. The van der Waals surface area contributed by atoms with E-state index in [0.717, 1.165) is 31.8 Å². The van der Waals surface area contributed by atoms with Gasteiger partial charge in [-0.1, -0.05) is 12.1 Å². The molecular weight excluding hydrogens is 450 g/mol. The van der Waals surface area contributed by atoms with Gasteiger partial charge in [-0.3, -0.25) is 4.57 Å². The molecule has 1 saturated heterocycles. The summed E-state index contributed by atoms with van der Waals surface area (Å²) in [7, 11) is -3.61. The second-order valence-electron chi connectivity index (χ2n) is 9.07. The molecule has 11 heteroatoms. The predicted molar refractivity (Wildman–Crippen MR) is 104 cm³/mol. The number of ether oxygens (including phenoxy) is 1. The summed E-state index contributed by atoms with van der Waals surface area (Å²) in [6, 6.07) is 4.59. The van der Waals surface area contributed by atoms with E-state index in [9.17, 15) is 19.1 Å². The zero-order chi connectivity index (χ0) is 22.0. The van der Waals surface area contributed by atoms with E-state index in [4.69, 9.17) is 24.1 Å². The maximum Gasteiger partial charge on any atom is 1.00 e. The molecule has 1 aromatic carbocycles. The summed E-state index contributed by atoms with van der Waals surface area (Å²) in [6.07, 6.45) is 7.46. The van der Waals surface area contributed by atoms with E-state index in [-0.39, 0.29) is 52.7 Å². The van der Waals surface area contributed by atoms with Crippen molar-refractivity contribution in [1.82, 2.24) is 0 Å². The third-order valence-electron chi connectivity index (χ3n) is 7.46. The van der Waals surface area contributed by atoms with Crippen LogP contribution in [0.25, 0.3) is 6.08 Å². The zero-order valence-corrected chi connectivity index (χ0v) is 20.8. The molecule has 1 aromatic rings. The van der Waals surface area contributed by atoms with Gasteiger partial charge >= 0.3 is 43.3 Å². The normalized spacial score (nSPS) is 38.8. The zero-order valence-electron chi connectivity index (χ0n) is 17.9. The SMILES string of the molecule is COC1(c2ccc(/C=C/C(=O)O)c(OP(=O)([O-])O)c2)OOC12C1CC3CC(C1)CC2C3.[Na+]. The van der Waals surface area contributed by atoms with Crippen LogP contribution in [-0.2, 0) is 29.7 Å². The third-order valence-corrected chi connectivity index (χ3v) is 7.89. The molecule has 2 N–H and O–H groups in total. The average Bonchev–Trinajstić information content (AvgIpc) is 2.65. The molecular formula is C21H24NaO9P. The summed E-state index contributed by atoms with van der Waals surface area (Å²) < 4.78 is 22.1. The van der Waals surface area contributed by atoms with E-state index < -0.39 is 25.2 Å². The van der Waals surface area contributed by atoms with E-state index in [1.54, 1.807) is 6.07 Å². The molecule has 168 valence electrons.